The summed E-state index contributed by atoms with van der Waals surface area (Å²) in [5.74, 6) is 3.18. The molecular weight excluding hydrogens is 262 g/mol. The predicted octanol–water partition coefficient (Wildman–Crippen LogP) is 2.44. The summed E-state index contributed by atoms with van der Waals surface area (Å²) in [6, 6.07) is 10.2. The molecule has 0 saturated heterocycles. The second-order valence-electron chi connectivity index (χ2n) is 3.56. The number of carboxylic acid groups (broad SMARTS) is 1. The minimum atomic E-state index is -1.17. The van der Waals surface area contributed by atoms with E-state index in [1.807, 2.05) is 17.4 Å². The average Bonchev–Trinajstić information content (AvgIpc) is 2.92. The highest BCUT2D eigenvalue weighted by Gasteiger charge is 2.06. The van der Waals surface area contributed by atoms with Crippen molar-refractivity contribution in [3.05, 3.63) is 52.2 Å². The van der Waals surface area contributed by atoms with Crippen LogP contribution in [0.15, 0.2) is 41.8 Å². The number of rotatable bonds is 2. The molecule has 1 aromatic heterocycles. The predicted molar refractivity (Wildman–Crippen MR) is 73.2 cm³/mol. The third-order valence-corrected chi connectivity index (χ3v) is 3.07. The third-order valence-electron chi connectivity index (χ3n) is 2.20. The first-order valence-electron chi connectivity index (χ1n) is 5.35. The molecule has 0 atom stereocenters. The Bertz CT molecular complexity index is 648. The maximum Gasteiger partial charge on any atom is 0.382 e. The molecule has 1 amide bonds. The lowest BCUT2D eigenvalue weighted by molar-refractivity contribution is -0.130. The van der Waals surface area contributed by atoms with E-state index in [0.717, 1.165) is 0 Å². The van der Waals surface area contributed by atoms with Crippen molar-refractivity contribution in [2.24, 2.45) is 0 Å². The fourth-order valence-corrected chi connectivity index (χ4v) is 1.98. The van der Waals surface area contributed by atoms with E-state index < -0.39 is 5.97 Å². The maximum atomic E-state index is 11.8. The van der Waals surface area contributed by atoms with Crippen LogP contribution in [0.3, 0.4) is 0 Å². The van der Waals surface area contributed by atoms with Gasteiger partial charge in [0.1, 0.15) is 0 Å². The Kier molecular flexibility index (Phi) is 3.96. The Morgan fingerprint density at radius 1 is 1.16 bits per heavy atom. The van der Waals surface area contributed by atoms with Gasteiger partial charge in [0.15, 0.2) is 0 Å². The first-order chi connectivity index (χ1) is 9.15. The van der Waals surface area contributed by atoms with Crippen molar-refractivity contribution in [3.63, 3.8) is 0 Å². The molecule has 2 aromatic rings. The molecule has 0 fully saturated rings. The lowest BCUT2D eigenvalue weighted by Gasteiger charge is -2.03. The molecule has 19 heavy (non-hydrogen) atoms. The standard InChI is InChI=1S/C14H9NO3S/c16-13(17)8-5-10-3-6-11(7-4-10)15-14(18)12-2-1-9-19-12/h1-4,6-7,9H,(H,15,18)(H,16,17). The van der Waals surface area contributed by atoms with Gasteiger partial charge in [-0.05, 0) is 35.7 Å². The number of carbonyl (C=O) groups excluding carboxylic acids is 1. The van der Waals surface area contributed by atoms with Crippen molar-refractivity contribution in [2.75, 3.05) is 5.32 Å². The maximum absolute atomic E-state index is 11.8. The molecule has 4 nitrogen and oxygen atoms in total. The van der Waals surface area contributed by atoms with E-state index in [-0.39, 0.29) is 5.91 Å². The molecule has 0 aliphatic rings. The number of benzene rings is 1. The fourth-order valence-electron chi connectivity index (χ4n) is 1.36. The number of amides is 1. The highest BCUT2D eigenvalue weighted by Crippen LogP contribution is 2.13. The second kappa shape index (κ2) is 5.85. The Balaban J connectivity index is 2.06. The van der Waals surface area contributed by atoms with Gasteiger partial charge in [0.25, 0.3) is 5.91 Å². The van der Waals surface area contributed by atoms with Crippen molar-refractivity contribution < 1.29 is 14.7 Å². The van der Waals surface area contributed by atoms with Crippen LogP contribution in [0.25, 0.3) is 0 Å². The quantitative estimate of drug-likeness (QED) is 0.824. The van der Waals surface area contributed by atoms with E-state index in [9.17, 15) is 9.59 Å². The lowest BCUT2D eigenvalue weighted by atomic mass is 10.2. The van der Waals surface area contributed by atoms with Crippen LogP contribution in [-0.2, 0) is 4.79 Å². The summed E-state index contributed by atoms with van der Waals surface area (Å²) in [6.45, 7) is 0. The highest BCUT2D eigenvalue weighted by atomic mass is 32.1. The molecule has 2 rings (SSSR count). The van der Waals surface area contributed by atoms with Crippen molar-refractivity contribution in [2.45, 2.75) is 0 Å². The normalized spacial score (nSPS) is 9.26. The number of nitrogens with one attached hydrogen (secondary N) is 1. The number of hydrogen-bond donors (Lipinski definition) is 2. The van der Waals surface area contributed by atoms with E-state index in [1.54, 1.807) is 30.3 Å². The first kappa shape index (κ1) is 12.9. The average molecular weight is 271 g/mol. The number of thiophene rings is 1. The zero-order valence-electron chi connectivity index (χ0n) is 9.71. The summed E-state index contributed by atoms with van der Waals surface area (Å²) in [5, 5.41) is 13.0. The third kappa shape index (κ3) is 3.69. The molecule has 0 saturated carbocycles. The van der Waals surface area contributed by atoms with Gasteiger partial charge in [-0.2, -0.15) is 0 Å². The van der Waals surface area contributed by atoms with Gasteiger partial charge in [0.2, 0.25) is 0 Å². The Morgan fingerprint density at radius 3 is 2.47 bits per heavy atom. The molecule has 1 aromatic carbocycles. The van der Waals surface area contributed by atoms with E-state index >= 15 is 0 Å². The number of hydrogen-bond acceptors (Lipinski definition) is 3. The van der Waals surface area contributed by atoms with Gasteiger partial charge in [-0.25, -0.2) is 4.79 Å². The SMILES string of the molecule is O=C(O)C#Cc1ccc(NC(=O)c2cccs2)cc1. The number of carboxylic acids is 1. The first-order valence-corrected chi connectivity index (χ1v) is 6.23. The van der Waals surface area contributed by atoms with E-state index in [2.05, 4.69) is 11.2 Å². The summed E-state index contributed by atoms with van der Waals surface area (Å²) < 4.78 is 0. The summed E-state index contributed by atoms with van der Waals surface area (Å²) in [7, 11) is 0. The van der Waals surface area contributed by atoms with E-state index in [4.69, 9.17) is 5.11 Å². The molecule has 1 heterocycles. The van der Waals surface area contributed by atoms with Crippen molar-refractivity contribution in [3.8, 4) is 11.8 Å². The fraction of sp³-hybridized carbons (Fsp3) is 0. The zero-order valence-corrected chi connectivity index (χ0v) is 10.5. The zero-order chi connectivity index (χ0) is 13.7. The number of aliphatic carboxylic acids is 1. The molecule has 0 aliphatic carbocycles. The van der Waals surface area contributed by atoms with Crippen LogP contribution in [0.2, 0.25) is 0 Å². The summed E-state index contributed by atoms with van der Waals surface area (Å²) in [5.41, 5.74) is 1.22. The minimum absolute atomic E-state index is 0.167. The smallest absolute Gasteiger partial charge is 0.382 e. The van der Waals surface area contributed by atoms with Crippen molar-refractivity contribution in [1.82, 2.24) is 0 Å². The molecule has 0 bridgehead atoms. The van der Waals surface area contributed by atoms with Crippen LogP contribution in [0.5, 0.6) is 0 Å². The molecule has 0 aliphatic heterocycles. The molecule has 2 N–H and O–H groups in total. The molecule has 5 heteroatoms. The second-order valence-corrected chi connectivity index (χ2v) is 4.51. The van der Waals surface area contributed by atoms with Crippen LogP contribution in [-0.4, -0.2) is 17.0 Å². The molecule has 0 radical (unpaired) electrons. The summed E-state index contributed by atoms with van der Waals surface area (Å²) >= 11 is 1.37. The minimum Gasteiger partial charge on any atom is -0.472 e. The van der Waals surface area contributed by atoms with Gasteiger partial charge in [0.05, 0.1) is 4.88 Å². The molecule has 0 spiro atoms. The van der Waals surface area contributed by atoms with Crippen LogP contribution in [0.1, 0.15) is 15.2 Å². The van der Waals surface area contributed by atoms with Crippen molar-refractivity contribution in [1.29, 1.82) is 0 Å². The van der Waals surface area contributed by atoms with Crippen LogP contribution in [0.4, 0.5) is 5.69 Å². The van der Waals surface area contributed by atoms with E-state index in [0.29, 0.717) is 16.1 Å². The van der Waals surface area contributed by atoms with Crippen LogP contribution in [0, 0.1) is 11.8 Å². The largest absolute Gasteiger partial charge is 0.472 e. The van der Waals surface area contributed by atoms with Gasteiger partial charge in [0, 0.05) is 17.2 Å². The summed E-state index contributed by atoms with van der Waals surface area (Å²) in [6.07, 6.45) is 0. The Hall–Kier alpha value is -2.58. The number of anilines is 1. The topological polar surface area (TPSA) is 66.4 Å². The Morgan fingerprint density at radius 2 is 1.89 bits per heavy atom. The van der Waals surface area contributed by atoms with Crippen LogP contribution < -0.4 is 5.32 Å². The van der Waals surface area contributed by atoms with Crippen LogP contribution >= 0.6 is 11.3 Å². The van der Waals surface area contributed by atoms with Gasteiger partial charge in [-0.15, -0.1) is 11.3 Å². The van der Waals surface area contributed by atoms with Gasteiger partial charge >= 0.3 is 5.97 Å². The highest BCUT2D eigenvalue weighted by molar-refractivity contribution is 7.12. The van der Waals surface area contributed by atoms with Crippen molar-refractivity contribution >= 4 is 28.9 Å². The molecular formula is C14H9NO3S. The van der Waals surface area contributed by atoms with Gasteiger partial charge in [-0.3, -0.25) is 4.79 Å². The summed E-state index contributed by atoms with van der Waals surface area (Å²) in [4.78, 5) is 22.7. The Labute approximate surface area is 113 Å². The lowest BCUT2D eigenvalue weighted by Crippen LogP contribution is -2.09. The molecule has 94 valence electrons. The monoisotopic (exact) mass is 271 g/mol. The molecule has 0 unspecified atom stereocenters. The number of carbonyl (C=O) groups is 2. The van der Waals surface area contributed by atoms with Gasteiger partial charge in [-0.1, -0.05) is 12.0 Å². The van der Waals surface area contributed by atoms with Gasteiger partial charge < -0.3 is 10.4 Å². The van der Waals surface area contributed by atoms with E-state index in [1.165, 1.54) is 11.3 Å².